The number of aromatic nitrogens is 3. The Morgan fingerprint density at radius 2 is 2.33 bits per heavy atom. The highest BCUT2D eigenvalue weighted by molar-refractivity contribution is 5.41. The normalized spacial score (nSPS) is 13.3. The second kappa shape index (κ2) is 3.96. The van der Waals surface area contributed by atoms with Crippen molar-refractivity contribution in [3.8, 4) is 0 Å². The zero-order valence-corrected chi connectivity index (χ0v) is 8.59. The first-order valence-corrected chi connectivity index (χ1v) is 4.98. The fourth-order valence-corrected chi connectivity index (χ4v) is 1.54. The van der Waals surface area contributed by atoms with Gasteiger partial charge in [-0.1, -0.05) is 6.92 Å². The van der Waals surface area contributed by atoms with E-state index in [1.807, 2.05) is 29.7 Å². The Bertz CT molecular complexity index is 465. The van der Waals surface area contributed by atoms with Gasteiger partial charge in [0.15, 0.2) is 5.65 Å². The molecule has 2 aromatic rings. The van der Waals surface area contributed by atoms with Gasteiger partial charge in [0.25, 0.3) is 0 Å². The topological polar surface area (TPSA) is 76.4 Å². The van der Waals surface area contributed by atoms with Crippen LogP contribution in [0.4, 0.5) is 0 Å². The molecule has 1 atom stereocenters. The summed E-state index contributed by atoms with van der Waals surface area (Å²) >= 11 is 0. The van der Waals surface area contributed by atoms with E-state index in [-0.39, 0.29) is 6.54 Å². The number of fused-ring (bicyclic) bond motifs is 1. The van der Waals surface area contributed by atoms with E-state index >= 15 is 0 Å². The Hall–Kier alpha value is -1.46. The second-order valence-corrected chi connectivity index (χ2v) is 3.41. The van der Waals surface area contributed by atoms with Crippen LogP contribution in [-0.2, 0) is 6.42 Å². The van der Waals surface area contributed by atoms with Crippen molar-refractivity contribution in [3.05, 3.63) is 29.7 Å². The Labute approximate surface area is 87.6 Å². The van der Waals surface area contributed by atoms with E-state index in [4.69, 9.17) is 5.73 Å². The molecule has 0 fully saturated rings. The maximum absolute atomic E-state index is 9.57. The SMILES string of the molecule is CCc1nnc2cc(C(O)CN)ccn12. The van der Waals surface area contributed by atoms with E-state index in [0.717, 1.165) is 23.5 Å². The summed E-state index contributed by atoms with van der Waals surface area (Å²) in [6.07, 6.45) is 2.07. The third-order valence-corrected chi connectivity index (χ3v) is 2.43. The predicted molar refractivity (Wildman–Crippen MR) is 56.4 cm³/mol. The van der Waals surface area contributed by atoms with Gasteiger partial charge in [-0.15, -0.1) is 10.2 Å². The summed E-state index contributed by atoms with van der Waals surface area (Å²) in [6.45, 7) is 2.24. The molecule has 2 rings (SSSR count). The molecule has 0 amide bonds. The summed E-state index contributed by atoms with van der Waals surface area (Å²) in [7, 11) is 0. The van der Waals surface area contributed by atoms with Gasteiger partial charge in [-0.05, 0) is 17.7 Å². The van der Waals surface area contributed by atoms with Gasteiger partial charge in [0, 0.05) is 19.2 Å². The lowest BCUT2D eigenvalue weighted by atomic mass is 10.1. The van der Waals surface area contributed by atoms with Gasteiger partial charge >= 0.3 is 0 Å². The average molecular weight is 206 g/mol. The van der Waals surface area contributed by atoms with Gasteiger partial charge in [-0.3, -0.25) is 4.40 Å². The fourth-order valence-electron chi connectivity index (χ4n) is 1.54. The molecular weight excluding hydrogens is 192 g/mol. The molecule has 0 bridgehead atoms. The van der Waals surface area contributed by atoms with Crippen LogP contribution in [0.25, 0.3) is 5.65 Å². The van der Waals surface area contributed by atoms with Crippen molar-refractivity contribution in [1.29, 1.82) is 0 Å². The van der Waals surface area contributed by atoms with Crippen LogP contribution < -0.4 is 5.73 Å². The minimum absolute atomic E-state index is 0.213. The van der Waals surface area contributed by atoms with E-state index < -0.39 is 6.10 Å². The molecule has 0 aliphatic heterocycles. The van der Waals surface area contributed by atoms with E-state index in [1.165, 1.54) is 0 Å². The lowest BCUT2D eigenvalue weighted by molar-refractivity contribution is 0.186. The van der Waals surface area contributed by atoms with Gasteiger partial charge in [0.1, 0.15) is 5.82 Å². The molecule has 2 heterocycles. The molecule has 0 saturated heterocycles. The van der Waals surface area contributed by atoms with E-state index in [1.54, 1.807) is 0 Å². The van der Waals surface area contributed by atoms with Gasteiger partial charge < -0.3 is 10.8 Å². The van der Waals surface area contributed by atoms with Gasteiger partial charge in [0.05, 0.1) is 6.10 Å². The fraction of sp³-hybridized carbons (Fsp3) is 0.400. The van der Waals surface area contributed by atoms with Gasteiger partial charge in [-0.2, -0.15) is 0 Å². The standard InChI is InChI=1S/C10H14N4O/c1-2-9-12-13-10-5-7(8(15)6-11)3-4-14(9)10/h3-5,8,15H,2,6,11H2,1H3. The summed E-state index contributed by atoms with van der Waals surface area (Å²) < 4.78 is 1.91. The highest BCUT2D eigenvalue weighted by Gasteiger charge is 2.08. The number of rotatable bonds is 3. The number of nitrogens with zero attached hydrogens (tertiary/aromatic N) is 3. The number of hydrogen-bond acceptors (Lipinski definition) is 4. The van der Waals surface area contributed by atoms with Crippen molar-refractivity contribution < 1.29 is 5.11 Å². The molecule has 0 aliphatic carbocycles. The van der Waals surface area contributed by atoms with Crippen LogP contribution in [0.5, 0.6) is 0 Å². The van der Waals surface area contributed by atoms with E-state index in [9.17, 15) is 5.11 Å². The summed E-state index contributed by atoms with van der Waals surface area (Å²) in [5, 5.41) is 17.6. The zero-order chi connectivity index (χ0) is 10.8. The summed E-state index contributed by atoms with van der Waals surface area (Å²) in [5.41, 5.74) is 6.91. The first kappa shape index (κ1) is 10.1. The molecule has 80 valence electrons. The molecule has 0 radical (unpaired) electrons. The summed E-state index contributed by atoms with van der Waals surface area (Å²) in [6, 6.07) is 3.65. The number of hydrogen-bond donors (Lipinski definition) is 2. The molecule has 5 nitrogen and oxygen atoms in total. The number of aryl methyl sites for hydroxylation is 1. The molecule has 0 aliphatic rings. The first-order valence-electron chi connectivity index (χ1n) is 4.98. The van der Waals surface area contributed by atoms with Crippen LogP contribution >= 0.6 is 0 Å². The largest absolute Gasteiger partial charge is 0.387 e. The zero-order valence-electron chi connectivity index (χ0n) is 8.59. The Kier molecular flexibility index (Phi) is 2.66. The number of aliphatic hydroxyl groups excluding tert-OH is 1. The van der Waals surface area contributed by atoms with Crippen molar-refractivity contribution in [2.45, 2.75) is 19.4 Å². The Morgan fingerprint density at radius 1 is 1.53 bits per heavy atom. The van der Waals surface area contributed by atoms with Crippen molar-refractivity contribution >= 4 is 5.65 Å². The maximum Gasteiger partial charge on any atom is 0.161 e. The Balaban J connectivity index is 2.48. The van der Waals surface area contributed by atoms with Crippen molar-refractivity contribution in [2.75, 3.05) is 6.54 Å². The maximum atomic E-state index is 9.57. The van der Waals surface area contributed by atoms with E-state index in [2.05, 4.69) is 10.2 Å². The van der Waals surface area contributed by atoms with Crippen LogP contribution in [0.3, 0.4) is 0 Å². The van der Waals surface area contributed by atoms with Crippen LogP contribution in [0.1, 0.15) is 24.4 Å². The monoisotopic (exact) mass is 206 g/mol. The number of aliphatic hydroxyl groups is 1. The average Bonchev–Trinajstić information content (AvgIpc) is 2.69. The van der Waals surface area contributed by atoms with Gasteiger partial charge in [-0.25, -0.2) is 0 Å². The third-order valence-electron chi connectivity index (χ3n) is 2.43. The smallest absolute Gasteiger partial charge is 0.161 e. The van der Waals surface area contributed by atoms with E-state index in [0.29, 0.717) is 0 Å². The van der Waals surface area contributed by atoms with Crippen molar-refractivity contribution in [2.24, 2.45) is 5.73 Å². The third kappa shape index (κ3) is 1.71. The summed E-state index contributed by atoms with van der Waals surface area (Å²) in [5.74, 6) is 0.916. The first-order chi connectivity index (χ1) is 7.26. The van der Waals surface area contributed by atoms with Gasteiger partial charge in [0.2, 0.25) is 0 Å². The summed E-state index contributed by atoms with van der Waals surface area (Å²) in [4.78, 5) is 0. The quantitative estimate of drug-likeness (QED) is 0.756. The van der Waals surface area contributed by atoms with Crippen LogP contribution in [0.15, 0.2) is 18.3 Å². The molecule has 0 aromatic carbocycles. The molecule has 1 unspecified atom stereocenters. The molecule has 0 spiro atoms. The van der Waals surface area contributed by atoms with Crippen LogP contribution in [0.2, 0.25) is 0 Å². The number of nitrogens with two attached hydrogens (primary N) is 1. The molecule has 2 aromatic heterocycles. The minimum Gasteiger partial charge on any atom is -0.387 e. The predicted octanol–water partition coefficient (Wildman–Crippen LogP) is 0.284. The lowest BCUT2D eigenvalue weighted by Crippen LogP contribution is -2.11. The lowest BCUT2D eigenvalue weighted by Gasteiger charge is -2.07. The molecule has 3 N–H and O–H groups in total. The van der Waals surface area contributed by atoms with Crippen molar-refractivity contribution in [1.82, 2.24) is 14.6 Å². The minimum atomic E-state index is -0.628. The number of pyridine rings is 1. The second-order valence-electron chi connectivity index (χ2n) is 3.41. The molecular formula is C10H14N4O. The highest BCUT2D eigenvalue weighted by atomic mass is 16.3. The molecule has 15 heavy (non-hydrogen) atoms. The molecule has 5 heteroatoms. The molecule has 0 saturated carbocycles. The highest BCUT2D eigenvalue weighted by Crippen LogP contribution is 2.14. The van der Waals surface area contributed by atoms with Crippen molar-refractivity contribution in [3.63, 3.8) is 0 Å². The van der Waals surface area contributed by atoms with Crippen LogP contribution in [-0.4, -0.2) is 26.2 Å². The Morgan fingerprint density at radius 3 is 3.00 bits per heavy atom. The van der Waals surface area contributed by atoms with Crippen LogP contribution in [0, 0.1) is 0 Å².